The number of halogens is 2. The van der Waals surface area contributed by atoms with Gasteiger partial charge >= 0.3 is 5.97 Å². The summed E-state index contributed by atoms with van der Waals surface area (Å²) in [4.78, 5) is 37.0. The van der Waals surface area contributed by atoms with Crippen LogP contribution in [-0.2, 0) is 4.79 Å². The maximum atomic E-state index is 14.7. The number of carboxylic acid groups (broad SMARTS) is 1. The number of aryl methyl sites for hydroxylation is 1. The van der Waals surface area contributed by atoms with E-state index in [4.69, 9.17) is 14.6 Å². The number of Topliss-reactive ketones (excluding diaryl/α,β-unsaturated/α-hetero) is 1. The van der Waals surface area contributed by atoms with Gasteiger partial charge in [-0.25, -0.2) is 13.6 Å². The molecular weight excluding hydrogens is 474 g/mol. The van der Waals surface area contributed by atoms with Crippen LogP contribution in [0.5, 0.6) is 11.5 Å². The van der Waals surface area contributed by atoms with Crippen molar-refractivity contribution < 1.29 is 37.7 Å². The van der Waals surface area contributed by atoms with Gasteiger partial charge in [-0.15, -0.1) is 0 Å². The normalized spacial score (nSPS) is 14.4. The van der Waals surface area contributed by atoms with E-state index in [1.165, 1.54) is 12.1 Å². The van der Waals surface area contributed by atoms with Crippen LogP contribution in [0.25, 0.3) is 0 Å². The third-order valence-electron chi connectivity index (χ3n) is 5.53. The molecule has 1 heterocycles. The molecule has 0 unspecified atom stereocenters. The Kier molecular flexibility index (Phi) is 6.86. The fourth-order valence-corrected chi connectivity index (χ4v) is 3.81. The number of nitrogens with one attached hydrogen (secondary N) is 1. The third kappa shape index (κ3) is 5.43. The summed E-state index contributed by atoms with van der Waals surface area (Å²) in [6.45, 7) is 2.71. The van der Waals surface area contributed by atoms with Gasteiger partial charge in [-0.05, 0) is 55.0 Å². The van der Waals surface area contributed by atoms with Gasteiger partial charge in [0.25, 0.3) is 11.7 Å². The maximum Gasteiger partial charge on any atom is 0.377 e. The molecule has 1 aliphatic rings. The lowest BCUT2D eigenvalue weighted by Crippen LogP contribution is -2.41. The molecule has 10 heteroatoms. The number of ether oxygens (including phenoxy) is 2. The number of fused-ring (bicyclic) bond motifs is 1. The molecule has 36 heavy (non-hydrogen) atoms. The molecule has 0 saturated heterocycles. The predicted octanol–water partition coefficient (Wildman–Crippen LogP) is 4.07. The van der Waals surface area contributed by atoms with Crippen molar-refractivity contribution in [3.63, 3.8) is 0 Å². The van der Waals surface area contributed by atoms with E-state index in [0.29, 0.717) is 6.54 Å². The maximum absolute atomic E-state index is 14.7. The van der Waals surface area contributed by atoms with E-state index >= 15 is 0 Å². The fourth-order valence-electron chi connectivity index (χ4n) is 3.81. The number of rotatable bonds is 7. The molecule has 186 valence electrons. The number of carboxylic acids is 1. The van der Waals surface area contributed by atoms with Gasteiger partial charge in [-0.1, -0.05) is 6.07 Å². The van der Waals surface area contributed by atoms with E-state index in [2.05, 4.69) is 10.2 Å². The molecule has 0 spiro atoms. The lowest BCUT2D eigenvalue weighted by molar-refractivity contribution is -0.131. The van der Waals surface area contributed by atoms with Crippen LogP contribution in [0.3, 0.4) is 0 Å². The number of carbonyl (C=O) groups is 3. The van der Waals surface area contributed by atoms with Gasteiger partial charge in [0.2, 0.25) is 0 Å². The molecular formula is C26H22F2N2O6. The minimum atomic E-state index is -1.77. The number of carbonyl (C=O) groups excluding carboxylic acids is 2. The quantitative estimate of drug-likeness (QED) is 0.375. The lowest BCUT2D eigenvalue weighted by Gasteiger charge is -2.33. The van der Waals surface area contributed by atoms with E-state index in [0.717, 1.165) is 41.3 Å². The second-order valence-electron chi connectivity index (χ2n) is 8.36. The summed E-state index contributed by atoms with van der Waals surface area (Å²) in [7, 11) is 1.94. The molecule has 3 aromatic rings. The second kappa shape index (κ2) is 10.0. The molecule has 2 N–H and O–H groups in total. The zero-order valence-corrected chi connectivity index (χ0v) is 19.4. The summed E-state index contributed by atoms with van der Waals surface area (Å²) < 4.78 is 40.1. The molecule has 1 aliphatic heterocycles. The van der Waals surface area contributed by atoms with Crippen LogP contribution in [0.4, 0.5) is 20.2 Å². The first kappa shape index (κ1) is 24.6. The lowest BCUT2D eigenvalue weighted by atomic mass is 10.1. The molecule has 0 aromatic heterocycles. The first-order valence-corrected chi connectivity index (χ1v) is 10.9. The van der Waals surface area contributed by atoms with Crippen LogP contribution >= 0.6 is 0 Å². The SMILES string of the molecule is Cc1ccc2c(c1)N(C)C[C@@H](COc1ccc(C(=O)Nc3cc(F)cc(C(=O)C(=O)O)c3)c(F)c1)O2. The van der Waals surface area contributed by atoms with Crippen molar-refractivity contribution in [2.75, 3.05) is 30.4 Å². The van der Waals surface area contributed by atoms with Crippen LogP contribution in [0, 0.1) is 18.6 Å². The summed E-state index contributed by atoms with van der Waals surface area (Å²) in [6, 6.07) is 12.1. The largest absolute Gasteiger partial charge is 0.490 e. The van der Waals surface area contributed by atoms with Crippen molar-refractivity contribution >= 4 is 29.0 Å². The summed E-state index contributed by atoms with van der Waals surface area (Å²) in [5.74, 6) is -4.94. The van der Waals surface area contributed by atoms with Gasteiger partial charge in [-0.2, -0.15) is 0 Å². The van der Waals surface area contributed by atoms with E-state index in [9.17, 15) is 23.2 Å². The second-order valence-corrected chi connectivity index (χ2v) is 8.36. The average Bonchev–Trinajstić information content (AvgIpc) is 2.82. The van der Waals surface area contributed by atoms with E-state index < -0.39 is 34.9 Å². The van der Waals surface area contributed by atoms with Crippen LogP contribution < -0.4 is 19.7 Å². The molecule has 8 nitrogen and oxygen atoms in total. The fraction of sp³-hybridized carbons (Fsp3) is 0.192. The van der Waals surface area contributed by atoms with Gasteiger partial charge in [0.05, 0.1) is 17.8 Å². The highest BCUT2D eigenvalue weighted by Gasteiger charge is 2.24. The Hall–Kier alpha value is -4.47. The topological polar surface area (TPSA) is 105 Å². The Bertz CT molecular complexity index is 1360. The van der Waals surface area contributed by atoms with Gasteiger partial charge in [-0.3, -0.25) is 9.59 Å². The van der Waals surface area contributed by atoms with Gasteiger partial charge in [0.1, 0.15) is 35.8 Å². The number of hydrogen-bond acceptors (Lipinski definition) is 6. The number of aliphatic carboxylic acids is 1. The standard InChI is InChI=1S/C26H22F2N2O6/c1-14-3-6-23-22(7-14)30(2)12-19(36-23)13-35-18-4-5-20(21(28)11-18)25(32)29-17-9-15(8-16(27)10-17)24(31)26(33)34/h3-11,19H,12-13H2,1-2H3,(H,29,32)(H,33,34)/t19-/m0/s1. The van der Waals surface area contributed by atoms with Crippen molar-refractivity contribution in [2.24, 2.45) is 0 Å². The molecule has 1 amide bonds. The monoisotopic (exact) mass is 496 g/mol. The van der Waals surface area contributed by atoms with Crippen molar-refractivity contribution in [3.8, 4) is 11.5 Å². The van der Waals surface area contributed by atoms with E-state index in [1.54, 1.807) is 0 Å². The molecule has 4 rings (SSSR count). The van der Waals surface area contributed by atoms with Crippen LogP contribution in [0.1, 0.15) is 26.3 Å². The average molecular weight is 496 g/mol. The third-order valence-corrected chi connectivity index (χ3v) is 5.53. The highest BCUT2D eigenvalue weighted by Crippen LogP contribution is 2.33. The Balaban J connectivity index is 1.41. The van der Waals surface area contributed by atoms with E-state index in [-0.39, 0.29) is 29.7 Å². The summed E-state index contributed by atoms with van der Waals surface area (Å²) >= 11 is 0. The highest BCUT2D eigenvalue weighted by atomic mass is 19.1. The number of nitrogens with zero attached hydrogens (tertiary/aromatic N) is 1. The van der Waals surface area contributed by atoms with Gasteiger partial charge in [0, 0.05) is 24.4 Å². The molecule has 0 saturated carbocycles. The van der Waals surface area contributed by atoms with E-state index in [1.807, 2.05) is 32.2 Å². The highest BCUT2D eigenvalue weighted by molar-refractivity contribution is 6.40. The van der Waals surface area contributed by atoms with Crippen molar-refractivity contribution in [3.05, 3.63) is 82.9 Å². The molecule has 1 atom stereocenters. The smallest absolute Gasteiger partial charge is 0.377 e. The number of benzene rings is 3. The summed E-state index contributed by atoms with van der Waals surface area (Å²) in [5, 5.41) is 11.1. The summed E-state index contributed by atoms with van der Waals surface area (Å²) in [5.41, 5.74) is 1.08. The van der Waals surface area contributed by atoms with Gasteiger partial charge < -0.3 is 24.8 Å². The molecule has 0 radical (unpaired) electrons. The first-order valence-electron chi connectivity index (χ1n) is 10.9. The number of likely N-dealkylation sites (N-methyl/N-ethyl adjacent to an activating group) is 1. The number of ketones is 1. The molecule has 0 fully saturated rings. The van der Waals surface area contributed by atoms with Crippen LogP contribution in [0.2, 0.25) is 0 Å². The Morgan fingerprint density at radius 3 is 2.61 bits per heavy atom. The number of hydrogen-bond donors (Lipinski definition) is 2. The Morgan fingerprint density at radius 2 is 1.89 bits per heavy atom. The number of anilines is 2. The predicted molar refractivity (Wildman–Crippen MR) is 127 cm³/mol. The Morgan fingerprint density at radius 1 is 1.11 bits per heavy atom. The molecule has 0 aliphatic carbocycles. The van der Waals surface area contributed by atoms with Gasteiger partial charge in [0.15, 0.2) is 0 Å². The van der Waals surface area contributed by atoms with Crippen molar-refractivity contribution in [1.29, 1.82) is 0 Å². The van der Waals surface area contributed by atoms with Crippen molar-refractivity contribution in [1.82, 2.24) is 0 Å². The minimum absolute atomic E-state index is 0.145. The Labute approximate surface area is 205 Å². The first-order chi connectivity index (χ1) is 17.1. The van der Waals surface area contributed by atoms with Crippen LogP contribution in [0.15, 0.2) is 54.6 Å². The molecule has 0 bridgehead atoms. The zero-order valence-electron chi connectivity index (χ0n) is 19.4. The molecule has 3 aromatic carbocycles. The van der Waals surface area contributed by atoms with Crippen molar-refractivity contribution in [2.45, 2.75) is 13.0 Å². The number of amides is 1. The summed E-state index contributed by atoms with van der Waals surface area (Å²) in [6.07, 6.45) is -0.299. The van der Waals surface area contributed by atoms with Crippen LogP contribution in [-0.4, -0.2) is 49.1 Å². The zero-order chi connectivity index (χ0) is 26.0. The minimum Gasteiger partial charge on any atom is -0.490 e.